The first-order valence-electron chi connectivity index (χ1n) is 6.48. The number of H-pyrrole nitrogens is 1. The SMILES string of the molecule is N#Cc1ccc(C#C/C(=C2/C=CC=N2)c2ccc[nH]2)cc1. The second kappa shape index (κ2) is 5.77. The second-order valence-corrected chi connectivity index (χ2v) is 4.42. The van der Waals surface area contributed by atoms with E-state index in [9.17, 15) is 0 Å². The highest BCUT2D eigenvalue weighted by Crippen LogP contribution is 2.20. The Hall–Kier alpha value is -3.30. The van der Waals surface area contributed by atoms with Crippen LogP contribution in [0.4, 0.5) is 0 Å². The Labute approximate surface area is 123 Å². The van der Waals surface area contributed by atoms with Crippen LogP contribution in [0.5, 0.6) is 0 Å². The predicted octanol–water partition coefficient (Wildman–Crippen LogP) is 3.29. The Morgan fingerprint density at radius 3 is 2.52 bits per heavy atom. The Balaban J connectivity index is 1.99. The number of nitrogens with zero attached hydrogens (tertiary/aromatic N) is 2. The highest BCUT2D eigenvalue weighted by molar-refractivity contribution is 5.88. The van der Waals surface area contributed by atoms with Crippen LogP contribution in [0, 0.1) is 23.2 Å². The molecular formula is C18H11N3. The molecule has 0 unspecified atom stereocenters. The van der Waals surface area contributed by atoms with Crippen LogP contribution in [0.15, 0.2) is 65.4 Å². The minimum absolute atomic E-state index is 0.631. The van der Waals surface area contributed by atoms with Crippen LogP contribution in [0.3, 0.4) is 0 Å². The minimum Gasteiger partial charge on any atom is -0.361 e. The molecule has 2 heterocycles. The van der Waals surface area contributed by atoms with E-state index in [1.165, 1.54) is 0 Å². The van der Waals surface area contributed by atoms with Gasteiger partial charge in [0.1, 0.15) is 0 Å². The van der Waals surface area contributed by atoms with Crippen LogP contribution in [0.25, 0.3) is 5.57 Å². The van der Waals surface area contributed by atoms with Crippen molar-refractivity contribution in [2.24, 2.45) is 4.99 Å². The van der Waals surface area contributed by atoms with E-state index < -0.39 is 0 Å². The summed E-state index contributed by atoms with van der Waals surface area (Å²) >= 11 is 0. The largest absolute Gasteiger partial charge is 0.361 e. The average Bonchev–Trinajstić information content (AvgIpc) is 3.22. The van der Waals surface area contributed by atoms with E-state index in [0.717, 1.165) is 22.5 Å². The first-order chi connectivity index (χ1) is 10.4. The van der Waals surface area contributed by atoms with Crippen LogP contribution in [0.1, 0.15) is 16.8 Å². The first-order valence-corrected chi connectivity index (χ1v) is 6.48. The van der Waals surface area contributed by atoms with Crippen molar-refractivity contribution in [1.82, 2.24) is 4.98 Å². The quantitative estimate of drug-likeness (QED) is 0.793. The van der Waals surface area contributed by atoms with E-state index in [4.69, 9.17) is 5.26 Å². The lowest BCUT2D eigenvalue weighted by atomic mass is 10.1. The van der Waals surface area contributed by atoms with Crippen molar-refractivity contribution < 1.29 is 0 Å². The third-order valence-electron chi connectivity index (χ3n) is 3.02. The van der Waals surface area contributed by atoms with Crippen LogP contribution < -0.4 is 0 Å². The molecule has 0 fully saturated rings. The van der Waals surface area contributed by atoms with Gasteiger partial charge in [0, 0.05) is 18.0 Å². The van der Waals surface area contributed by atoms with Crippen molar-refractivity contribution in [2.45, 2.75) is 0 Å². The Kier molecular flexibility index (Phi) is 3.50. The standard InChI is InChI=1S/C18H11N3/c19-13-15-7-5-14(6-8-15)9-10-16(17-3-1-11-20-17)18-4-2-12-21-18/h1-8,11-12,20H/b18-16+. The summed E-state index contributed by atoms with van der Waals surface area (Å²) in [6, 6.07) is 13.2. The van der Waals surface area contributed by atoms with Gasteiger partial charge >= 0.3 is 0 Å². The van der Waals surface area contributed by atoms with Crippen molar-refractivity contribution in [3.05, 3.63) is 77.3 Å². The molecule has 0 radical (unpaired) electrons. The van der Waals surface area contributed by atoms with Crippen molar-refractivity contribution in [3.63, 3.8) is 0 Å². The lowest BCUT2D eigenvalue weighted by molar-refractivity contribution is 1.34. The molecule has 21 heavy (non-hydrogen) atoms. The molecule has 1 aliphatic heterocycles. The van der Waals surface area contributed by atoms with E-state index in [0.29, 0.717) is 5.56 Å². The summed E-state index contributed by atoms with van der Waals surface area (Å²) in [5.74, 6) is 6.28. The fourth-order valence-electron chi connectivity index (χ4n) is 1.97. The molecule has 98 valence electrons. The van der Waals surface area contributed by atoms with Crippen molar-refractivity contribution in [1.29, 1.82) is 5.26 Å². The summed E-state index contributed by atoms with van der Waals surface area (Å²) in [5, 5.41) is 8.79. The van der Waals surface area contributed by atoms with E-state index in [-0.39, 0.29) is 0 Å². The lowest BCUT2D eigenvalue weighted by Crippen LogP contribution is -1.86. The van der Waals surface area contributed by atoms with Crippen molar-refractivity contribution in [2.75, 3.05) is 0 Å². The van der Waals surface area contributed by atoms with Gasteiger partial charge in [-0.1, -0.05) is 11.8 Å². The number of aromatic amines is 1. The molecule has 0 saturated heterocycles. The fourth-order valence-corrected chi connectivity index (χ4v) is 1.97. The molecule has 2 aromatic rings. The molecule has 0 bridgehead atoms. The number of benzene rings is 1. The Bertz CT molecular complexity index is 817. The molecule has 0 amide bonds. The average molecular weight is 269 g/mol. The monoisotopic (exact) mass is 269 g/mol. The van der Waals surface area contributed by atoms with Gasteiger partial charge in [0.25, 0.3) is 0 Å². The van der Waals surface area contributed by atoms with E-state index in [1.54, 1.807) is 18.3 Å². The molecule has 3 heteroatoms. The molecule has 0 aliphatic carbocycles. The van der Waals surface area contributed by atoms with E-state index in [2.05, 4.69) is 27.9 Å². The topological polar surface area (TPSA) is 51.9 Å². The number of aromatic nitrogens is 1. The molecule has 3 nitrogen and oxygen atoms in total. The number of nitrogens with one attached hydrogen (secondary N) is 1. The van der Waals surface area contributed by atoms with Crippen LogP contribution >= 0.6 is 0 Å². The second-order valence-electron chi connectivity index (χ2n) is 4.42. The van der Waals surface area contributed by atoms with Gasteiger partial charge in [0.15, 0.2) is 0 Å². The summed E-state index contributed by atoms with van der Waals surface area (Å²) in [5.41, 5.74) is 4.14. The Morgan fingerprint density at radius 1 is 1.10 bits per heavy atom. The zero-order valence-electron chi connectivity index (χ0n) is 11.2. The summed E-state index contributed by atoms with van der Waals surface area (Å²) in [6.45, 7) is 0. The molecular weight excluding hydrogens is 258 g/mol. The molecule has 3 rings (SSSR count). The van der Waals surface area contributed by atoms with Gasteiger partial charge in [-0.15, -0.1) is 0 Å². The number of hydrogen-bond donors (Lipinski definition) is 1. The third-order valence-corrected chi connectivity index (χ3v) is 3.02. The maximum atomic E-state index is 8.79. The van der Waals surface area contributed by atoms with E-state index >= 15 is 0 Å². The minimum atomic E-state index is 0.631. The fraction of sp³-hybridized carbons (Fsp3) is 0. The predicted molar refractivity (Wildman–Crippen MR) is 83.4 cm³/mol. The third kappa shape index (κ3) is 2.83. The molecule has 1 aromatic heterocycles. The van der Waals surface area contributed by atoms with Crippen molar-refractivity contribution in [3.8, 4) is 17.9 Å². The molecule has 1 aliphatic rings. The maximum Gasteiger partial charge on any atom is 0.0991 e. The van der Waals surface area contributed by atoms with Gasteiger partial charge in [0.2, 0.25) is 0 Å². The number of nitriles is 1. The van der Waals surface area contributed by atoms with Gasteiger partial charge in [-0.3, -0.25) is 4.99 Å². The van der Waals surface area contributed by atoms with Gasteiger partial charge in [-0.25, -0.2) is 0 Å². The summed E-state index contributed by atoms with van der Waals surface area (Å²) in [6.07, 6.45) is 7.44. The highest BCUT2D eigenvalue weighted by Gasteiger charge is 2.06. The van der Waals surface area contributed by atoms with Crippen LogP contribution in [-0.4, -0.2) is 11.2 Å². The number of rotatable bonds is 1. The normalized spacial score (nSPS) is 14.4. The van der Waals surface area contributed by atoms with Gasteiger partial charge in [0.05, 0.1) is 28.6 Å². The number of allylic oxidation sites excluding steroid dienone is 3. The highest BCUT2D eigenvalue weighted by atomic mass is 14.8. The van der Waals surface area contributed by atoms with Gasteiger partial charge in [-0.05, 0) is 48.6 Å². The molecule has 1 aromatic carbocycles. The summed E-state index contributed by atoms with van der Waals surface area (Å²) in [4.78, 5) is 7.47. The summed E-state index contributed by atoms with van der Waals surface area (Å²) in [7, 11) is 0. The molecule has 0 spiro atoms. The first kappa shape index (κ1) is 12.7. The Morgan fingerprint density at radius 2 is 1.90 bits per heavy atom. The molecule has 0 saturated carbocycles. The zero-order chi connectivity index (χ0) is 14.5. The van der Waals surface area contributed by atoms with Gasteiger partial charge in [-0.2, -0.15) is 5.26 Å². The number of aliphatic imine (C=N–C) groups is 1. The van der Waals surface area contributed by atoms with E-state index in [1.807, 2.05) is 42.6 Å². The number of hydrogen-bond acceptors (Lipinski definition) is 2. The smallest absolute Gasteiger partial charge is 0.0991 e. The zero-order valence-corrected chi connectivity index (χ0v) is 11.2. The van der Waals surface area contributed by atoms with Crippen molar-refractivity contribution >= 4 is 11.8 Å². The molecule has 1 N–H and O–H groups in total. The van der Waals surface area contributed by atoms with Gasteiger partial charge < -0.3 is 4.98 Å². The summed E-state index contributed by atoms with van der Waals surface area (Å²) < 4.78 is 0. The van der Waals surface area contributed by atoms with Crippen LogP contribution in [0.2, 0.25) is 0 Å². The lowest BCUT2D eigenvalue weighted by Gasteiger charge is -1.99. The van der Waals surface area contributed by atoms with Crippen LogP contribution in [-0.2, 0) is 0 Å². The molecule has 0 atom stereocenters. The maximum absolute atomic E-state index is 8.79.